The average molecular weight is 561 g/mol. The summed E-state index contributed by atoms with van der Waals surface area (Å²) in [4.78, 5) is 21.7. The summed E-state index contributed by atoms with van der Waals surface area (Å²) in [6.45, 7) is 9.67. The van der Waals surface area contributed by atoms with Crippen molar-refractivity contribution in [2.75, 3.05) is 0 Å². The number of rotatable bonds is 14. The Morgan fingerprint density at radius 2 is 1.68 bits per heavy atom. The third kappa shape index (κ3) is 10.1. The standard InChI is InChI=1S/C32H48O8/c1-6-7-17-31(28(34)14-10-23(3)21-30(37)38)19-20-32(40-31)18-16-25(5)27(39-32)13-9-22(2)8-12-26(33)24(4)11-15-29(35)36/h8-12,14-15,21,24-28,33-34H,6-7,13,16-20H2,1-5H3,(H,35,36)(H,37,38)/t24-,25-,26-,27+,28-,31+,32-/m0/s1. The SMILES string of the molecule is CCCC[C@]1([C@@H](O)C=CC(C)=CC(=O)O)CC[C@]2(CC[C@H](C)[C@@H](CC=C(C)C=C[C@H](O)[C@@H](C)C=CC(=O)O)O2)O1. The minimum absolute atomic E-state index is 0.0603. The Balaban J connectivity index is 2.10. The molecule has 2 aliphatic heterocycles. The van der Waals surface area contributed by atoms with E-state index in [0.717, 1.165) is 43.4 Å². The molecule has 0 aromatic heterocycles. The van der Waals surface area contributed by atoms with Crippen LogP contribution in [0, 0.1) is 11.8 Å². The first-order chi connectivity index (χ1) is 18.8. The van der Waals surface area contributed by atoms with Crippen LogP contribution in [0.4, 0.5) is 0 Å². The predicted molar refractivity (Wildman–Crippen MR) is 155 cm³/mol. The first-order valence-corrected chi connectivity index (χ1v) is 14.4. The van der Waals surface area contributed by atoms with Crippen molar-refractivity contribution in [1.82, 2.24) is 0 Å². The molecule has 2 saturated heterocycles. The van der Waals surface area contributed by atoms with E-state index in [2.05, 4.69) is 19.9 Å². The van der Waals surface area contributed by atoms with Gasteiger partial charge in [-0.2, -0.15) is 0 Å². The molecule has 8 heteroatoms. The summed E-state index contributed by atoms with van der Waals surface area (Å²) in [6, 6.07) is 0. The molecule has 0 unspecified atom stereocenters. The zero-order valence-electron chi connectivity index (χ0n) is 24.6. The first-order valence-electron chi connectivity index (χ1n) is 14.4. The minimum atomic E-state index is -1.04. The molecule has 2 fully saturated rings. The van der Waals surface area contributed by atoms with Crippen molar-refractivity contribution in [2.45, 2.75) is 116 Å². The molecule has 1 spiro atoms. The zero-order chi connectivity index (χ0) is 29.9. The zero-order valence-corrected chi connectivity index (χ0v) is 24.6. The Hall–Kier alpha value is -2.52. The molecule has 0 saturated carbocycles. The fourth-order valence-electron chi connectivity index (χ4n) is 5.31. The van der Waals surface area contributed by atoms with Crippen molar-refractivity contribution in [3.05, 3.63) is 59.8 Å². The third-order valence-electron chi connectivity index (χ3n) is 7.99. The molecule has 2 rings (SSSR count). The highest BCUT2D eigenvalue weighted by molar-refractivity contribution is 5.81. The quantitative estimate of drug-likeness (QED) is 0.157. The molecule has 8 nitrogen and oxygen atoms in total. The summed E-state index contributed by atoms with van der Waals surface area (Å²) in [5.41, 5.74) is 0.735. The fourth-order valence-corrected chi connectivity index (χ4v) is 5.31. The summed E-state index contributed by atoms with van der Waals surface area (Å²) in [6.07, 6.45) is 17.0. The number of carbonyl (C=O) groups is 2. The van der Waals surface area contributed by atoms with Gasteiger partial charge < -0.3 is 29.9 Å². The van der Waals surface area contributed by atoms with Gasteiger partial charge in [-0.1, -0.05) is 75.6 Å². The van der Waals surface area contributed by atoms with E-state index in [-0.39, 0.29) is 12.0 Å². The van der Waals surface area contributed by atoms with Crippen LogP contribution in [-0.2, 0) is 19.1 Å². The fraction of sp³-hybridized carbons (Fsp3) is 0.625. The van der Waals surface area contributed by atoms with Crippen molar-refractivity contribution in [3.8, 4) is 0 Å². The van der Waals surface area contributed by atoms with E-state index in [0.29, 0.717) is 37.2 Å². The molecular formula is C32H48O8. The highest BCUT2D eigenvalue weighted by Gasteiger charge is 2.55. The van der Waals surface area contributed by atoms with Gasteiger partial charge in [0.2, 0.25) is 0 Å². The maximum absolute atomic E-state index is 11.2. The molecule has 0 aromatic rings. The monoisotopic (exact) mass is 560 g/mol. The molecule has 0 aromatic carbocycles. The average Bonchev–Trinajstić information content (AvgIpc) is 3.27. The summed E-state index contributed by atoms with van der Waals surface area (Å²) < 4.78 is 13.4. The van der Waals surface area contributed by atoms with Gasteiger partial charge in [0.25, 0.3) is 0 Å². The molecule has 0 bridgehead atoms. The van der Waals surface area contributed by atoms with Crippen LogP contribution in [-0.4, -0.2) is 62.1 Å². The van der Waals surface area contributed by atoms with Gasteiger partial charge in [-0.05, 0) is 51.0 Å². The van der Waals surface area contributed by atoms with Crippen molar-refractivity contribution in [3.63, 3.8) is 0 Å². The lowest BCUT2D eigenvalue weighted by Gasteiger charge is -2.44. The molecule has 4 N–H and O–H groups in total. The van der Waals surface area contributed by atoms with Crippen LogP contribution in [0.15, 0.2) is 59.8 Å². The van der Waals surface area contributed by atoms with Crippen LogP contribution >= 0.6 is 0 Å². The number of aliphatic hydroxyl groups is 2. The minimum Gasteiger partial charge on any atom is -0.478 e. The number of hydrogen-bond acceptors (Lipinski definition) is 6. The molecule has 7 atom stereocenters. The Morgan fingerprint density at radius 3 is 2.33 bits per heavy atom. The maximum Gasteiger partial charge on any atom is 0.328 e. The Labute approximate surface area is 238 Å². The van der Waals surface area contributed by atoms with E-state index in [1.807, 2.05) is 13.0 Å². The molecule has 224 valence electrons. The molecule has 0 aliphatic carbocycles. The van der Waals surface area contributed by atoms with Gasteiger partial charge in [0.05, 0.1) is 12.2 Å². The Bertz CT molecular complexity index is 1010. The van der Waals surface area contributed by atoms with Crippen molar-refractivity contribution in [1.29, 1.82) is 0 Å². The smallest absolute Gasteiger partial charge is 0.328 e. The van der Waals surface area contributed by atoms with Gasteiger partial charge in [0, 0.05) is 30.9 Å². The van der Waals surface area contributed by atoms with E-state index in [4.69, 9.17) is 19.7 Å². The van der Waals surface area contributed by atoms with Crippen LogP contribution in [0.25, 0.3) is 0 Å². The second kappa shape index (κ2) is 15.5. The summed E-state index contributed by atoms with van der Waals surface area (Å²) in [5.74, 6) is -2.82. The van der Waals surface area contributed by atoms with Crippen LogP contribution in [0.1, 0.15) is 86.0 Å². The molecule has 0 radical (unpaired) electrons. The molecular weight excluding hydrogens is 512 g/mol. The van der Waals surface area contributed by atoms with Crippen LogP contribution in [0.2, 0.25) is 0 Å². The van der Waals surface area contributed by atoms with Gasteiger partial charge >= 0.3 is 11.9 Å². The molecule has 0 amide bonds. The number of ether oxygens (including phenoxy) is 2. The molecule has 2 heterocycles. The number of allylic oxidation sites excluding steroid dienone is 4. The highest BCUT2D eigenvalue weighted by Crippen LogP contribution is 2.50. The lowest BCUT2D eigenvalue weighted by molar-refractivity contribution is -0.307. The van der Waals surface area contributed by atoms with E-state index in [1.54, 1.807) is 32.1 Å². The van der Waals surface area contributed by atoms with Gasteiger partial charge in [0.15, 0.2) is 5.79 Å². The summed E-state index contributed by atoms with van der Waals surface area (Å²) in [5, 5.41) is 39.2. The normalized spacial score (nSPS) is 30.5. The van der Waals surface area contributed by atoms with Crippen LogP contribution in [0.3, 0.4) is 0 Å². The van der Waals surface area contributed by atoms with Crippen molar-refractivity contribution >= 4 is 11.9 Å². The lowest BCUT2D eigenvalue weighted by Crippen LogP contribution is -2.49. The highest BCUT2D eigenvalue weighted by atomic mass is 16.7. The number of hydrogen-bond donors (Lipinski definition) is 4. The Morgan fingerprint density at radius 1 is 0.975 bits per heavy atom. The Kier molecular flexibility index (Phi) is 13.0. The number of unbranched alkanes of at least 4 members (excludes halogenated alkanes) is 1. The van der Waals surface area contributed by atoms with Gasteiger partial charge in [-0.25, -0.2) is 9.59 Å². The lowest BCUT2D eigenvalue weighted by atomic mass is 9.85. The topological polar surface area (TPSA) is 134 Å². The number of carboxylic acid groups (broad SMARTS) is 2. The predicted octanol–water partition coefficient (Wildman–Crippen LogP) is 5.72. The molecule has 2 aliphatic rings. The van der Waals surface area contributed by atoms with Gasteiger partial charge in [-0.15, -0.1) is 0 Å². The van der Waals surface area contributed by atoms with E-state index < -0.39 is 35.5 Å². The summed E-state index contributed by atoms with van der Waals surface area (Å²) >= 11 is 0. The van der Waals surface area contributed by atoms with Crippen molar-refractivity contribution in [2.24, 2.45) is 11.8 Å². The van der Waals surface area contributed by atoms with Crippen LogP contribution < -0.4 is 0 Å². The second-order valence-electron chi connectivity index (χ2n) is 11.5. The largest absolute Gasteiger partial charge is 0.478 e. The van der Waals surface area contributed by atoms with Crippen molar-refractivity contribution < 1.29 is 39.5 Å². The maximum atomic E-state index is 11.2. The van der Waals surface area contributed by atoms with E-state index in [9.17, 15) is 19.8 Å². The molecule has 40 heavy (non-hydrogen) atoms. The summed E-state index contributed by atoms with van der Waals surface area (Å²) in [7, 11) is 0. The first kappa shape index (κ1) is 33.7. The second-order valence-corrected chi connectivity index (χ2v) is 11.5. The van der Waals surface area contributed by atoms with Crippen LogP contribution in [0.5, 0.6) is 0 Å². The van der Waals surface area contributed by atoms with Gasteiger partial charge in [-0.3, -0.25) is 0 Å². The number of aliphatic hydroxyl groups excluding tert-OH is 2. The van der Waals surface area contributed by atoms with E-state index >= 15 is 0 Å². The van der Waals surface area contributed by atoms with Gasteiger partial charge in [0.1, 0.15) is 11.7 Å². The number of carboxylic acids is 2. The third-order valence-corrected chi connectivity index (χ3v) is 7.99. The number of aliphatic carboxylic acids is 2. The van der Waals surface area contributed by atoms with E-state index in [1.165, 1.54) is 6.08 Å².